The lowest BCUT2D eigenvalue weighted by atomic mass is 10.0. The number of thiazole rings is 1. The van der Waals surface area contributed by atoms with E-state index in [0.29, 0.717) is 15.0 Å². The lowest BCUT2D eigenvalue weighted by Gasteiger charge is -2.11. The van der Waals surface area contributed by atoms with Crippen LogP contribution in [-0.4, -0.2) is 24.2 Å². The van der Waals surface area contributed by atoms with Crippen LogP contribution in [0.4, 0.5) is 5.69 Å². The number of para-hydroxylation sites is 1. The minimum absolute atomic E-state index is 0.219. The molecule has 2 aromatic carbocycles. The molecule has 1 amide bonds. The van der Waals surface area contributed by atoms with Gasteiger partial charge < -0.3 is 10.2 Å². The number of carbonyl (C=O) groups is 1. The molecule has 1 aromatic heterocycles. The Morgan fingerprint density at radius 1 is 1.23 bits per heavy atom. The zero-order valence-electron chi connectivity index (χ0n) is 14.2. The van der Waals surface area contributed by atoms with E-state index in [4.69, 9.17) is 11.6 Å². The maximum Gasteiger partial charge on any atom is 0.267 e. The SMILES string of the molecule is CO/N=C\c1ccc(-c2ccccc2NC(=O)c2sc(Cl)nc2C)cc1. The van der Waals surface area contributed by atoms with Gasteiger partial charge in [-0.2, -0.15) is 0 Å². The van der Waals surface area contributed by atoms with Crippen LogP contribution in [0, 0.1) is 6.92 Å². The first-order valence-corrected chi connectivity index (χ1v) is 8.98. The molecule has 26 heavy (non-hydrogen) atoms. The van der Waals surface area contributed by atoms with Gasteiger partial charge in [0.25, 0.3) is 5.91 Å². The highest BCUT2D eigenvalue weighted by Crippen LogP contribution is 2.29. The average molecular weight is 386 g/mol. The fourth-order valence-electron chi connectivity index (χ4n) is 2.46. The van der Waals surface area contributed by atoms with Crippen LogP contribution in [0.5, 0.6) is 0 Å². The van der Waals surface area contributed by atoms with Crippen LogP contribution in [0.2, 0.25) is 4.47 Å². The maximum absolute atomic E-state index is 12.6. The van der Waals surface area contributed by atoms with E-state index in [1.54, 1.807) is 13.1 Å². The van der Waals surface area contributed by atoms with E-state index in [1.165, 1.54) is 18.4 Å². The predicted octanol–water partition coefficient (Wildman–Crippen LogP) is 5.00. The summed E-state index contributed by atoms with van der Waals surface area (Å²) in [6, 6.07) is 15.4. The third kappa shape index (κ3) is 4.09. The molecule has 0 unspecified atom stereocenters. The number of rotatable bonds is 5. The Morgan fingerprint density at radius 3 is 2.62 bits per heavy atom. The highest BCUT2D eigenvalue weighted by molar-refractivity contribution is 7.17. The summed E-state index contributed by atoms with van der Waals surface area (Å²) in [6.45, 7) is 1.77. The summed E-state index contributed by atoms with van der Waals surface area (Å²) in [7, 11) is 1.50. The number of halogens is 1. The first-order chi connectivity index (χ1) is 12.6. The number of aromatic nitrogens is 1. The van der Waals surface area contributed by atoms with E-state index >= 15 is 0 Å². The van der Waals surface area contributed by atoms with Gasteiger partial charge in [-0.25, -0.2) is 4.98 Å². The van der Waals surface area contributed by atoms with E-state index in [9.17, 15) is 4.79 Å². The second-order valence-electron chi connectivity index (χ2n) is 5.42. The number of nitrogens with one attached hydrogen (secondary N) is 1. The van der Waals surface area contributed by atoms with E-state index in [-0.39, 0.29) is 5.91 Å². The number of nitrogens with zero attached hydrogens (tertiary/aromatic N) is 2. The van der Waals surface area contributed by atoms with Gasteiger partial charge in [-0.05, 0) is 24.1 Å². The molecule has 0 aliphatic rings. The molecule has 0 aliphatic heterocycles. The van der Waals surface area contributed by atoms with Crippen LogP contribution in [-0.2, 0) is 4.84 Å². The minimum Gasteiger partial charge on any atom is -0.399 e. The highest BCUT2D eigenvalue weighted by Gasteiger charge is 2.16. The molecule has 0 bridgehead atoms. The summed E-state index contributed by atoms with van der Waals surface area (Å²) < 4.78 is 0.356. The third-order valence-electron chi connectivity index (χ3n) is 3.68. The first kappa shape index (κ1) is 18.1. The van der Waals surface area contributed by atoms with E-state index in [1.807, 2.05) is 48.5 Å². The quantitative estimate of drug-likeness (QED) is 0.496. The van der Waals surface area contributed by atoms with Gasteiger partial charge in [0.15, 0.2) is 4.47 Å². The number of anilines is 1. The van der Waals surface area contributed by atoms with Gasteiger partial charge in [0.05, 0.1) is 11.9 Å². The number of carbonyl (C=O) groups excluding carboxylic acids is 1. The van der Waals surface area contributed by atoms with Crippen molar-refractivity contribution in [3.63, 3.8) is 0 Å². The predicted molar refractivity (Wildman–Crippen MR) is 106 cm³/mol. The van der Waals surface area contributed by atoms with Gasteiger partial charge in [0, 0.05) is 11.3 Å². The summed E-state index contributed by atoms with van der Waals surface area (Å²) in [6.07, 6.45) is 1.63. The van der Waals surface area contributed by atoms with E-state index in [2.05, 4.69) is 20.3 Å². The molecule has 1 heterocycles. The summed E-state index contributed by atoms with van der Waals surface area (Å²) in [5.74, 6) is -0.219. The van der Waals surface area contributed by atoms with Gasteiger partial charge in [0.2, 0.25) is 0 Å². The zero-order chi connectivity index (χ0) is 18.5. The molecule has 3 aromatic rings. The molecular formula is C19H16ClN3O2S. The zero-order valence-corrected chi connectivity index (χ0v) is 15.8. The van der Waals surface area contributed by atoms with Gasteiger partial charge >= 0.3 is 0 Å². The lowest BCUT2D eigenvalue weighted by molar-refractivity contribution is 0.103. The minimum atomic E-state index is -0.219. The Bertz CT molecular complexity index is 952. The fraction of sp³-hybridized carbons (Fsp3) is 0.105. The van der Waals surface area contributed by atoms with Crippen LogP contribution in [0.3, 0.4) is 0 Å². The molecule has 0 aliphatic carbocycles. The molecule has 0 radical (unpaired) electrons. The van der Waals surface area contributed by atoms with Crippen molar-refractivity contribution in [1.82, 2.24) is 4.98 Å². The average Bonchev–Trinajstić information content (AvgIpc) is 2.99. The normalized spacial score (nSPS) is 10.9. The molecule has 7 heteroatoms. The third-order valence-corrected chi connectivity index (χ3v) is 4.94. The molecule has 1 N–H and O–H groups in total. The van der Waals surface area contributed by atoms with Crippen molar-refractivity contribution in [3.05, 3.63) is 69.1 Å². The van der Waals surface area contributed by atoms with E-state index < -0.39 is 0 Å². The van der Waals surface area contributed by atoms with E-state index in [0.717, 1.165) is 22.4 Å². The maximum atomic E-state index is 12.6. The smallest absolute Gasteiger partial charge is 0.267 e. The topological polar surface area (TPSA) is 63.6 Å². The Balaban J connectivity index is 1.87. The first-order valence-electron chi connectivity index (χ1n) is 7.78. The molecule has 0 saturated heterocycles. The van der Waals surface area contributed by atoms with Crippen molar-refractivity contribution < 1.29 is 9.63 Å². The number of hydrogen-bond acceptors (Lipinski definition) is 5. The molecule has 3 rings (SSSR count). The Morgan fingerprint density at radius 2 is 1.96 bits per heavy atom. The van der Waals surface area contributed by atoms with Crippen LogP contribution >= 0.6 is 22.9 Å². The monoisotopic (exact) mass is 385 g/mol. The van der Waals surface area contributed by atoms with Crippen molar-refractivity contribution in [2.24, 2.45) is 5.16 Å². The van der Waals surface area contributed by atoms with Crippen molar-refractivity contribution >= 4 is 40.7 Å². The second kappa shape index (κ2) is 8.12. The number of hydrogen-bond donors (Lipinski definition) is 1. The van der Waals surface area contributed by atoms with Gasteiger partial charge in [0.1, 0.15) is 12.0 Å². The number of aryl methyl sites for hydroxylation is 1. The molecule has 0 saturated carbocycles. The molecule has 0 fully saturated rings. The number of amides is 1. The highest BCUT2D eigenvalue weighted by atomic mass is 35.5. The standard InChI is InChI=1S/C19H16ClN3O2S/c1-12-17(26-19(20)22-12)18(24)23-16-6-4-3-5-15(16)14-9-7-13(8-10-14)11-21-25-2/h3-11H,1-2H3,(H,23,24)/b21-11-. The van der Waals surface area contributed by atoms with Crippen LogP contribution < -0.4 is 5.32 Å². The lowest BCUT2D eigenvalue weighted by Crippen LogP contribution is -2.12. The van der Waals surface area contributed by atoms with Crippen molar-refractivity contribution in [2.45, 2.75) is 6.92 Å². The van der Waals surface area contributed by atoms with Gasteiger partial charge in [-0.3, -0.25) is 4.79 Å². The molecule has 132 valence electrons. The summed E-state index contributed by atoms with van der Waals surface area (Å²) in [5, 5.41) is 6.70. The Labute approximate surface area is 160 Å². The van der Waals surface area contributed by atoms with Crippen molar-refractivity contribution in [3.8, 4) is 11.1 Å². The summed E-state index contributed by atoms with van der Waals surface area (Å²) in [5.41, 5.74) is 4.17. The van der Waals surface area contributed by atoms with Crippen LogP contribution in [0.15, 0.2) is 53.7 Å². The van der Waals surface area contributed by atoms with Gasteiger partial charge in [-0.15, -0.1) is 0 Å². The largest absolute Gasteiger partial charge is 0.399 e. The van der Waals surface area contributed by atoms with Crippen molar-refractivity contribution in [1.29, 1.82) is 0 Å². The Kier molecular flexibility index (Phi) is 5.65. The summed E-state index contributed by atoms with van der Waals surface area (Å²) in [4.78, 5) is 21.9. The number of benzene rings is 2. The fourth-order valence-corrected chi connectivity index (χ4v) is 3.51. The van der Waals surface area contributed by atoms with Crippen LogP contribution in [0.25, 0.3) is 11.1 Å². The molecular weight excluding hydrogens is 370 g/mol. The van der Waals surface area contributed by atoms with Gasteiger partial charge in [-0.1, -0.05) is 70.6 Å². The second-order valence-corrected chi connectivity index (χ2v) is 7.00. The molecule has 5 nitrogen and oxygen atoms in total. The molecule has 0 atom stereocenters. The van der Waals surface area contributed by atoms with Crippen molar-refractivity contribution in [2.75, 3.05) is 12.4 Å². The number of oxime groups is 1. The summed E-state index contributed by atoms with van der Waals surface area (Å²) >= 11 is 7.07. The molecule has 0 spiro atoms. The van der Waals surface area contributed by atoms with Crippen LogP contribution in [0.1, 0.15) is 20.9 Å². The Hall–Kier alpha value is -2.70.